The molecule has 0 aromatic heterocycles. The zero-order valence-electron chi connectivity index (χ0n) is 13.7. The van der Waals surface area contributed by atoms with Crippen molar-refractivity contribution in [2.45, 2.75) is 19.3 Å². The number of halogens is 1. The Morgan fingerprint density at radius 3 is 2.62 bits per heavy atom. The second kappa shape index (κ2) is 7.11. The highest BCUT2D eigenvalue weighted by Gasteiger charge is 2.38. The molecular formula is C18H24ClN3O2. The van der Waals surface area contributed by atoms with Crippen LogP contribution >= 0.6 is 12.4 Å². The predicted octanol–water partition coefficient (Wildman–Crippen LogP) is 1.68. The van der Waals surface area contributed by atoms with E-state index in [1.54, 1.807) is 0 Å². The van der Waals surface area contributed by atoms with E-state index in [1.165, 1.54) is 5.56 Å². The molecule has 2 saturated heterocycles. The van der Waals surface area contributed by atoms with Gasteiger partial charge in [0.05, 0.1) is 0 Å². The summed E-state index contributed by atoms with van der Waals surface area (Å²) in [5.74, 6) is 1.44. The molecule has 0 spiro atoms. The molecule has 2 fully saturated rings. The number of carbonyl (C=O) groups excluding carboxylic acids is 2. The third kappa shape index (κ3) is 3.28. The van der Waals surface area contributed by atoms with Crippen LogP contribution in [-0.4, -0.2) is 42.9 Å². The summed E-state index contributed by atoms with van der Waals surface area (Å²) in [6, 6.07) is 7.92. The number of rotatable bonds is 3. The summed E-state index contributed by atoms with van der Waals surface area (Å²) < 4.78 is 0. The number of carbonyl (C=O) groups is 2. The van der Waals surface area contributed by atoms with Gasteiger partial charge in [0.25, 0.3) is 0 Å². The summed E-state index contributed by atoms with van der Waals surface area (Å²) in [6.07, 6.45) is 1.86. The van der Waals surface area contributed by atoms with E-state index in [0.29, 0.717) is 24.7 Å². The smallest absolute Gasteiger partial charge is 0.227 e. The molecule has 3 heterocycles. The topological polar surface area (TPSA) is 61.4 Å². The number of anilines is 1. The minimum Gasteiger partial charge on any atom is -0.342 e. The fourth-order valence-electron chi connectivity index (χ4n) is 4.16. The first-order valence-electron chi connectivity index (χ1n) is 8.58. The molecule has 5 nitrogen and oxygen atoms in total. The normalized spacial score (nSPS) is 27.9. The number of nitrogens with zero attached hydrogens (tertiary/aromatic N) is 1. The Balaban J connectivity index is 0.00000169. The average molecular weight is 350 g/mol. The Bertz CT molecular complexity index is 624. The van der Waals surface area contributed by atoms with E-state index in [2.05, 4.69) is 16.7 Å². The number of hydrogen-bond acceptors (Lipinski definition) is 3. The third-order valence-corrected chi connectivity index (χ3v) is 5.56. The van der Waals surface area contributed by atoms with E-state index in [4.69, 9.17) is 0 Å². The quantitative estimate of drug-likeness (QED) is 0.872. The number of hydrogen-bond donors (Lipinski definition) is 2. The van der Waals surface area contributed by atoms with Crippen LogP contribution < -0.4 is 10.6 Å². The summed E-state index contributed by atoms with van der Waals surface area (Å²) in [7, 11) is 0. The maximum absolute atomic E-state index is 12.4. The molecule has 3 aliphatic rings. The molecular weight excluding hydrogens is 326 g/mol. The van der Waals surface area contributed by atoms with Crippen LogP contribution in [0, 0.1) is 17.8 Å². The lowest BCUT2D eigenvalue weighted by Gasteiger charge is -2.25. The average Bonchev–Trinajstić information content (AvgIpc) is 3.14. The molecule has 2 amide bonds. The number of fused-ring (bicyclic) bond motifs is 2. The molecule has 1 aromatic carbocycles. The van der Waals surface area contributed by atoms with Crippen molar-refractivity contribution in [3.05, 3.63) is 29.8 Å². The standard InChI is InChI=1S/C18H23N3O2.ClH/c22-17(21-10-14-8-19-9-15(14)11-21)6-5-13-7-12-3-1-2-4-16(12)20-18(13)23;/h1-4,13-15,19H,5-11H2,(H,20,23);1H/t13?,14-,15+;. The van der Waals surface area contributed by atoms with Crippen LogP contribution in [-0.2, 0) is 16.0 Å². The molecule has 0 bridgehead atoms. The minimum absolute atomic E-state index is 0. The van der Waals surface area contributed by atoms with Crippen molar-refractivity contribution in [2.24, 2.45) is 17.8 Å². The van der Waals surface area contributed by atoms with Gasteiger partial charge in [-0.2, -0.15) is 0 Å². The lowest BCUT2D eigenvalue weighted by atomic mass is 9.89. The summed E-state index contributed by atoms with van der Waals surface area (Å²) in [4.78, 5) is 26.7. The van der Waals surface area contributed by atoms with Gasteiger partial charge in [-0.25, -0.2) is 0 Å². The fraction of sp³-hybridized carbons (Fsp3) is 0.556. The van der Waals surface area contributed by atoms with Crippen molar-refractivity contribution in [1.29, 1.82) is 0 Å². The van der Waals surface area contributed by atoms with E-state index < -0.39 is 0 Å². The van der Waals surface area contributed by atoms with Gasteiger partial charge in [0.1, 0.15) is 0 Å². The Hall–Kier alpha value is -1.59. The first-order chi connectivity index (χ1) is 11.2. The van der Waals surface area contributed by atoms with Gasteiger partial charge in [-0.15, -0.1) is 12.4 Å². The van der Waals surface area contributed by atoms with Crippen LogP contribution in [0.1, 0.15) is 18.4 Å². The first-order valence-corrected chi connectivity index (χ1v) is 8.58. The van der Waals surface area contributed by atoms with Crippen molar-refractivity contribution >= 4 is 29.9 Å². The van der Waals surface area contributed by atoms with Crippen LogP contribution in [0.25, 0.3) is 0 Å². The van der Waals surface area contributed by atoms with Gasteiger partial charge >= 0.3 is 0 Å². The SMILES string of the molecule is Cl.O=C1Nc2ccccc2CC1CCC(=O)N1C[C@H]2CNC[C@H]2C1. The molecule has 3 aliphatic heterocycles. The zero-order chi connectivity index (χ0) is 15.8. The highest BCUT2D eigenvalue weighted by molar-refractivity contribution is 5.96. The Morgan fingerprint density at radius 1 is 1.17 bits per heavy atom. The van der Waals surface area contributed by atoms with Crippen LogP contribution in [0.4, 0.5) is 5.69 Å². The number of para-hydroxylation sites is 1. The zero-order valence-corrected chi connectivity index (χ0v) is 14.5. The van der Waals surface area contributed by atoms with Crippen LogP contribution in [0.3, 0.4) is 0 Å². The molecule has 0 aliphatic carbocycles. The maximum Gasteiger partial charge on any atom is 0.227 e. The Labute approximate surface area is 148 Å². The molecule has 0 saturated carbocycles. The minimum atomic E-state index is -0.0855. The first kappa shape index (κ1) is 17.2. The largest absolute Gasteiger partial charge is 0.342 e. The summed E-state index contributed by atoms with van der Waals surface area (Å²) in [5.41, 5.74) is 2.09. The second-order valence-electron chi connectivity index (χ2n) is 7.06. The maximum atomic E-state index is 12.4. The molecule has 4 rings (SSSR count). The number of benzene rings is 1. The number of amides is 2. The van der Waals surface area contributed by atoms with Gasteiger partial charge in [0.15, 0.2) is 0 Å². The van der Waals surface area contributed by atoms with E-state index in [0.717, 1.165) is 38.3 Å². The molecule has 130 valence electrons. The van der Waals surface area contributed by atoms with Crippen molar-refractivity contribution in [2.75, 3.05) is 31.5 Å². The Morgan fingerprint density at radius 2 is 1.88 bits per heavy atom. The number of nitrogens with one attached hydrogen (secondary N) is 2. The van der Waals surface area contributed by atoms with Gasteiger partial charge in [-0.05, 0) is 36.3 Å². The fourth-order valence-corrected chi connectivity index (χ4v) is 4.16. The van der Waals surface area contributed by atoms with Crippen molar-refractivity contribution in [3.63, 3.8) is 0 Å². The predicted molar refractivity (Wildman–Crippen MR) is 95.2 cm³/mol. The van der Waals surface area contributed by atoms with Crippen LogP contribution in [0.15, 0.2) is 24.3 Å². The summed E-state index contributed by atoms with van der Waals surface area (Å²) >= 11 is 0. The van der Waals surface area contributed by atoms with Crippen molar-refractivity contribution < 1.29 is 9.59 Å². The molecule has 2 N–H and O–H groups in total. The molecule has 0 radical (unpaired) electrons. The Kier molecular flexibility index (Phi) is 5.11. The van der Waals surface area contributed by atoms with E-state index in [-0.39, 0.29) is 30.1 Å². The highest BCUT2D eigenvalue weighted by atomic mass is 35.5. The monoisotopic (exact) mass is 349 g/mol. The van der Waals surface area contributed by atoms with Crippen LogP contribution in [0.5, 0.6) is 0 Å². The molecule has 1 aromatic rings. The van der Waals surface area contributed by atoms with E-state index in [9.17, 15) is 9.59 Å². The van der Waals surface area contributed by atoms with E-state index in [1.807, 2.05) is 23.1 Å². The molecule has 6 heteroatoms. The third-order valence-electron chi connectivity index (χ3n) is 5.56. The van der Waals surface area contributed by atoms with Crippen molar-refractivity contribution in [3.8, 4) is 0 Å². The lowest BCUT2D eigenvalue weighted by molar-refractivity contribution is -0.131. The van der Waals surface area contributed by atoms with Crippen LogP contribution in [0.2, 0.25) is 0 Å². The van der Waals surface area contributed by atoms with Gasteiger partial charge < -0.3 is 15.5 Å². The van der Waals surface area contributed by atoms with Gasteiger partial charge in [-0.1, -0.05) is 18.2 Å². The second-order valence-corrected chi connectivity index (χ2v) is 7.06. The molecule has 24 heavy (non-hydrogen) atoms. The van der Waals surface area contributed by atoms with Gasteiger partial charge in [0.2, 0.25) is 11.8 Å². The van der Waals surface area contributed by atoms with E-state index >= 15 is 0 Å². The summed E-state index contributed by atoms with van der Waals surface area (Å²) in [6.45, 7) is 3.85. The molecule has 3 atom stereocenters. The van der Waals surface area contributed by atoms with Gasteiger partial charge in [-0.3, -0.25) is 9.59 Å². The highest BCUT2D eigenvalue weighted by Crippen LogP contribution is 2.29. The lowest BCUT2D eigenvalue weighted by Crippen LogP contribution is -2.34. The number of likely N-dealkylation sites (tertiary alicyclic amines) is 1. The summed E-state index contributed by atoms with van der Waals surface area (Å²) in [5, 5.41) is 6.36. The molecule has 1 unspecified atom stereocenters. The van der Waals surface area contributed by atoms with Crippen molar-refractivity contribution in [1.82, 2.24) is 10.2 Å². The van der Waals surface area contributed by atoms with Gasteiger partial charge in [0, 0.05) is 44.2 Å².